The fraction of sp³-hybridized carbons (Fsp3) is 0.417. The molecule has 0 heterocycles. The van der Waals surface area contributed by atoms with Gasteiger partial charge in [0.05, 0.1) is 10.5 Å². The van der Waals surface area contributed by atoms with E-state index in [0.717, 1.165) is 0 Å². The maximum absolute atomic E-state index is 11.2. The Morgan fingerprint density at radius 2 is 2.25 bits per heavy atom. The van der Waals surface area contributed by atoms with Crippen LogP contribution in [0.5, 0.6) is 5.75 Å². The Balaban J connectivity index is 2.07. The Bertz CT molecular complexity index is 566. The molecule has 1 saturated carbocycles. The lowest BCUT2D eigenvalue weighted by Gasteiger charge is -2.19. The van der Waals surface area contributed by atoms with Crippen LogP contribution in [0, 0.1) is 10.1 Å². The van der Waals surface area contributed by atoms with Crippen molar-refractivity contribution in [1.82, 2.24) is 0 Å². The van der Waals surface area contributed by atoms with Gasteiger partial charge in [0.25, 0.3) is 5.69 Å². The zero-order valence-electron chi connectivity index (χ0n) is 10.5. The molecule has 108 valence electrons. The van der Waals surface area contributed by atoms with Crippen LogP contribution in [-0.4, -0.2) is 22.5 Å². The van der Waals surface area contributed by atoms with Crippen LogP contribution in [0.4, 0.5) is 5.69 Å². The molecular weight excluding hydrogens is 286 g/mol. The standard InChI is InChI=1S/C12H14ClN3O4/c13-9-5-7(1-2-10(9)16(18)19)20-8-3-4-12(15,6-8)11(14)17/h1-2,5,8H,3-4,6,15H2,(H2,14,17). The lowest BCUT2D eigenvalue weighted by atomic mass is 9.99. The SMILES string of the molecule is NC(=O)C1(N)CCC(Oc2ccc([N+](=O)[O-])c(Cl)c2)C1. The molecule has 20 heavy (non-hydrogen) atoms. The number of hydrogen-bond donors (Lipinski definition) is 2. The fourth-order valence-corrected chi connectivity index (χ4v) is 2.49. The summed E-state index contributed by atoms with van der Waals surface area (Å²) in [6.07, 6.45) is 1.10. The van der Waals surface area contributed by atoms with E-state index in [2.05, 4.69) is 0 Å². The number of carbonyl (C=O) groups is 1. The zero-order valence-corrected chi connectivity index (χ0v) is 11.3. The molecule has 1 fully saturated rings. The van der Waals surface area contributed by atoms with Crippen LogP contribution >= 0.6 is 11.6 Å². The summed E-state index contributed by atoms with van der Waals surface area (Å²) < 4.78 is 5.64. The predicted molar refractivity (Wildman–Crippen MR) is 72.5 cm³/mol. The van der Waals surface area contributed by atoms with Gasteiger partial charge in [-0.3, -0.25) is 14.9 Å². The minimum absolute atomic E-state index is 0.000546. The van der Waals surface area contributed by atoms with E-state index in [1.165, 1.54) is 18.2 Å². The van der Waals surface area contributed by atoms with Gasteiger partial charge in [0.2, 0.25) is 5.91 Å². The van der Waals surface area contributed by atoms with E-state index in [1.807, 2.05) is 0 Å². The molecule has 1 aromatic carbocycles. The van der Waals surface area contributed by atoms with Crippen LogP contribution in [0.1, 0.15) is 19.3 Å². The molecule has 0 saturated heterocycles. The van der Waals surface area contributed by atoms with Crippen LogP contribution in [0.25, 0.3) is 0 Å². The molecule has 2 unspecified atom stereocenters. The van der Waals surface area contributed by atoms with E-state index in [-0.39, 0.29) is 16.8 Å². The van der Waals surface area contributed by atoms with E-state index in [1.54, 1.807) is 0 Å². The van der Waals surface area contributed by atoms with Crippen molar-refractivity contribution in [2.45, 2.75) is 30.9 Å². The summed E-state index contributed by atoms with van der Waals surface area (Å²) in [6, 6.07) is 4.11. The fourth-order valence-electron chi connectivity index (χ4n) is 2.25. The third-order valence-corrected chi connectivity index (χ3v) is 3.72. The van der Waals surface area contributed by atoms with Crippen molar-refractivity contribution in [2.24, 2.45) is 11.5 Å². The smallest absolute Gasteiger partial charge is 0.288 e. The Kier molecular flexibility index (Phi) is 3.82. The van der Waals surface area contributed by atoms with E-state index < -0.39 is 16.4 Å². The molecule has 1 aliphatic rings. The van der Waals surface area contributed by atoms with Gasteiger partial charge in [0.15, 0.2) is 0 Å². The second-order valence-corrected chi connectivity index (χ2v) is 5.28. The van der Waals surface area contributed by atoms with Crippen molar-refractivity contribution in [3.8, 4) is 5.75 Å². The highest BCUT2D eigenvalue weighted by molar-refractivity contribution is 6.32. The molecule has 2 atom stereocenters. The Morgan fingerprint density at radius 1 is 1.55 bits per heavy atom. The summed E-state index contributed by atoms with van der Waals surface area (Å²) >= 11 is 5.80. The summed E-state index contributed by atoms with van der Waals surface area (Å²) in [6.45, 7) is 0. The van der Waals surface area contributed by atoms with Gasteiger partial charge in [0.1, 0.15) is 16.9 Å². The highest BCUT2D eigenvalue weighted by Crippen LogP contribution is 2.33. The van der Waals surface area contributed by atoms with Crippen LogP contribution in [0.15, 0.2) is 18.2 Å². The Morgan fingerprint density at radius 3 is 2.75 bits per heavy atom. The number of halogens is 1. The quantitative estimate of drug-likeness (QED) is 0.642. The largest absolute Gasteiger partial charge is 0.490 e. The molecule has 1 aliphatic carbocycles. The number of nitrogens with two attached hydrogens (primary N) is 2. The van der Waals surface area contributed by atoms with Crippen molar-refractivity contribution in [3.05, 3.63) is 33.3 Å². The Hall–Kier alpha value is -1.86. The third-order valence-electron chi connectivity index (χ3n) is 3.41. The molecule has 7 nitrogen and oxygen atoms in total. The highest BCUT2D eigenvalue weighted by atomic mass is 35.5. The summed E-state index contributed by atoms with van der Waals surface area (Å²) in [5.74, 6) is -0.148. The molecule has 0 aliphatic heterocycles. The number of amides is 1. The molecule has 4 N–H and O–H groups in total. The lowest BCUT2D eigenvalue weighted by molar-refractivity contribution is -0.384. The maximum Gasteiger partial charge on any atom is 0.288 e. The van der Waals surface area contributed by atoms with E-state index in [9.17, 15) is 14.9 Å². The van der Waals surface area contributed by atoms with Crippen molar-refractivity contribution in [2.75, 3.05) is 0 Å². The number of rotatable bonds is 4. The maximum atomic E-state index is 11.2. The summed E-state index contributed by atoms with van der Waals surface area (Å²) in [4.78, 5) is 21.3. The van der Waals surface area contributed by atoms with Crippen LogP contribution in [0.2, 0.25) is 5.02 Å². The second kappa shape index (κ2) is 5.26. The molecule has 1 aromatic rings. The highest BCUT2D eigenvalue weighted by Gasteiger charge is 2.41. The lowest BCUT2D eigenvalue weighted by Crippen LogP contribution is -2.50. The molecular formula is C12H14ClN3O4. The first-order valence-electron chi connectivity index (χ1n) is 6.01. The van der Waals surface area contributed by atoms with Crippen molar-refractivity contribution < 1.29 is 14.5 Å². The van der Waals surface area contributed by atoms with Gasteiger partial charge in [-0.1, -0.05) is 11.6 Å². The molecule has 0 bridgehead atoms. The number of ether oxygens (including phenoxy) is 1. The predicted octanol–water partition coefficient (Wildman–Crippen LogP) is 1.36. The average molecular weight is 300 g/mol. The average Bonchev–Trinajstić information content (AvgIpc) is 2.72. The number of carbonyl (C=O) groups excluding carboxylic acids is 1. The van der Waals surface area contributed by atoms with Crippen LogP contribution in [-0.2, 0) is 4.79 Å². The summed E-state index contributed by atoms with van der Waals surface area (Å²) in [5, 5.41) is 10.6. The van der Waals surface area contributed by atoms with Crippen molar-refractivity contribution in [3.63, 3.8) is 0 Å². The van der Waals surface area contributed by atoms with Gasteiger partial charge >= 0.3 is 0 Å². The summed E-state index contributed by atoms with van der Waals surface area (Å²) in [7, 11) is 0. The van der Waals surface area contributed by atoms with E-state index in [0.29, 0.717) is 25.0 Å². The number of nitro groups is 1. The first-order valence-corrected chi connectivity index (χ1v) is 6.39. The topological polar surface area (TPSA) is 121 Å². The molecule has 8 heteroatoms. The Labute approximate surface area is 120 Å². The molecule has 2 rings (SSSR count). The minimum Gasteiger partial charge on any atom is -0.490 e. The molecule has 0 aromatic heterocycles. The van der Waals surface area contributed by atoms with Crippen molar-refractivity contribution in [1.29, 1.82) is 0 Å². The number of nitro benzene ring substituents is 1. The normalized spacial score (nSPS) is 25.4. The zero-order chi connectivity index (χ0) is 14.9. The number of benzene rings is 1. The third kappa shape index (κ3) is 2.83. The van der Waals surface area contributed by atoms with Crippen LogP contribution in [0.3, 0.4) is 0 Å². The first kappa shape index (κ1) is 14.5. The summed E-state index contributed by atoms with van der Waals surface area (Å²) in [5.41, 5.74) is 9.89. The van der Waals surface area contributed by atoms with Gasteiger partial charge in [-0.05, 0) is 18.9 Å². The van der Waals surface area contributed by atoms with E-state index >= 15 is 0 Å². The van der Waals surface area contributed by atoms with Gasteiger partial charge in [-0.2, -0.15) is 0 Å². The van der Waals surface area contributed by atoms with Gasteiger partial charge in [0, 0.05) is 18.6 Å². The molecule has 1 amide bonds. The number of nitrogens with zero attached hydrogens (tertiary/aromatic N) is 1. The van der Waals surface area contributed by atoms with Crippen LogP contribution < -0.4 is 16.2 Å². The van der Waals surface area contributed by atoms with Gasteiger partial charge in [-0.25, -0.2) is 0 Å². The van der Waals surface area contributed by atoms with Gasteiger partial charge in [-0.15, -0.1) is 0 Å². The second-order valence-electron chi connectivity index (χ2n) is 4.87. The van der Waals surface area contributed by atoms with E-state index in [4.69, 9.17) is 27.8 Å². The van der Waals surface area contributed by atoms with Crippen molar-refractivity contribution >= 4 is 23.2 Å². The minimum atomic E-state index is -1.05. The first-order chi connectivity index (χ1) is 9.32. The number of primary amides is 1. The molecule has 0 radical (unpaired) electrons. The van der Waals surface area contributed by atoms with Gasteiger partial charge < -0.3 is 16.2 Å². The monoisotopic (exact) mass is 299 g/mol. The number of hydrogen-bond acceptors (Lipinski definition) is 5. The molecule has 0 spiro atoms.